The van der Waals surface area contributed by atoms with Crippen LogP contribution in [0.4, 0.5) is 11.4 Å². The van der Waals surface area contributed by atoms with Gasteiger partial charge >= 0.3 is 0 Å². The number of hydrogen-bond donors (Lipinski definition) is 2. The SMILES string of the molecule is CCC[C@H]1NCCN2CCNc3cccc1c32. The standard InChI is InChI=1S/C14H21N3/c1-2-4-12-11-5-3-6-13-14(11)17(9-7-15-12)10-8-16-13/h3,5-6,12,15-16H,2,4,7-10H2,1H3/t12-/m1/s1. The quantitative estimate of drug-likeness (QED) is 0.818. The van der Waals surface area contributed by atoms with Crippen LogP contribution in [0, 0.1) is 0 Å². The minimum Gasteiger partial charge on any atom is -0.382 e. The molecule has 0 unspecified atom stereocenters. The Balaban J connectivity index is 2.05. The molecule has 3 rings (SSSR count). The molecule has 2 aliphatic heterocycles. The smallest absolute Gasteiger partial charge is 0.0651 e. The summed E-state index contributed by atoms with van der Waals surface area (Å²) in [5.74, 6) is 0. The summed E-state index contributed by atoms with van der Waals surface area (Å²) >= 11 is 0. The summed E-state index contributed by atoms with van der Waals surface area (Å²) in [6.45, 7) is 6.68. The van der Waals surface area contributed by atoms with Crippen molar-refractivity contribution in [3.05, 3.63) is 23.8 Å². The van der Waals surface area contributed by atoms with Crippen LogP contribution in [0.1, 0.15) is 31.4 Å². The Labute approximate surface area is 103 Å². The van der Waals surface area contributed by atoms with Crippen LogP contribution in [0.5, 0.6) is 0 Å². The van der Waals surface area contributed by atoms with Crippen LogP contribution in [0.2, 0.25) is 0 Å². The zero-order valence-electron chi connectivity index (χ0n) is 10.5. The van der Waals surface area contributed by atoms with Gasteiger partial charge in [0.15, 0.2) is 0 Å². The molecule has 0 aliphatic carbocycles. The monoisotopic (exact) mass is 231 g/mol. The molecule has 1 aromatic rings. The second kappa shape index (κ2) is 4.57. The molecule has 3 heteroatoms. The summed E-state index contributed by atoms with van der Waals surface area (Å²) < 4.78 is 0. The van der Waals surface area contributed by atoms with E-state index in [0.717, 1.165) is 26.2 Å². The lowest BCUT2D eigenvalue weighted by molar-refractivity contribution is 0.510. The van der Waals surface area contributed by atoms with Crippen LogP contribution < -0.4 is 15.5 Å². The molecular weight excluding hydrogens is 210 g/mol. The Morgan fingerprint density at radius 1 is 1.29 bits per heavy atom. The van der Waals surface area contributed by atoms with Gasteiger partial charge in [-0.1, -0.05) is 25.5 Å². The molecule has 1 aromatic carbocycles. The van der Waals surface area contributed by atoms with Gasteiger partial charge in [-0.15, -0.1) is 0 Å². The molecule has 0 saturated carbocycles. The van der Waals surface area contributed by atoms with Gasteiger partial charge in [0.25, 0.3) is 0 Å². The maximum absolute atomic E-state index is 3.69. The van der Waals surface area contributed by atoms with Crippen molar-refractivity contribution in [2.24, 2.45) is 0 Å². The van der Waals surface area contributed by atoms with Gasteiger partial charge < -0.3 is 15.5 Å². The summed E-state index contributed by atoms with van der Waals surface area (Å²) in [7, 11) is 0. The van der Waals surface area contributed by atoms with Gasteiger partial charge in [0, 0.05) is 32.2 Å². The van der Waals surface area contributed by atoms with Gasteiger partial charge in [-0.2, -0.15) is 0 Å². The zero-order valence-corrected chi connectivity index (χ0v) is 10.5. The van der Waals surface area contributed by atoms with Crippen molar-refractivity contribution in [2.75, 3.05) is 36.4 Å². The summed E-state index contributed by atoms with van der Waals surface area (Å²) in [6.07, 6.45) is 2.46. The van der Waals surface area contributed by atoms with Crippen molar-refractivity contribution in [3.8, 4) is 0 Å². The predicted molar refractivity (Wildman–Crippen MR) is 72.8 cm³/mol. The van der Waals surface area contributed by atoms with Crippen LogP contribution >= 0.6 is 0 Å². The van der Waals surface area contributed by atoms with E-state index in [1.54, 1.807) is 0 Å². The second-order valence-electron chi connectivity index (χ2n) is 4.95. The first-order chi connectivity index (χ1) is 8.40. The third-order valence-corrected chi connectivity index (χ3v) is 3.81. The first-order valence-electron chi connectivity index (χ1n) is 6.75. The average molecular weight is 231 g/mol. The molecule has 2 heterocycles. The number of para-hydroxylation sites is 1. The van der Waals surface area contributed by atoms with Gasteiger partial charge in [0.2, 0.25) is 0 Å². The first-order valence-corrected chi connectivity index (χ1v) is 6.75. The zero-order chi connectivity index (χ0) is 11.7. The lowest BCUT2D eigenvalue weighted by Crippen LogP contribution is -2.36. The molecular formula is C14H21N3. The van der Waals surface area contributed by atoms with Crippen molar-refractivity contribution in [1.29, 1.82) is 0 Å². The average Bonchev–Trinajstić information content (AvgIpc) is 2.53. The molecule has 0 radical (unpaired) electrons. The first kappa shape index (κ1) is 10.9. The number of anilines is 2. The van der Waals surface area contributed by atoms with E-state index in [1.165, 1.54) is 29.8 Å². The maximum Gasteiger partial charge on any atom is 0.0651 e. The van der Waals surface area contributed by atoms with Crippen LogP contribution in [0.15, 0.2) is 18.2 Å². The van der Waals surface area contributed by atoms with Gasteiger partial charge in [0.1, 0.15) is 0 Å². The maximum atomic E-state index is 3.69. The molecule has 0 saturated heterocycles. The molecule has 92 valence electrons. The lowest BCUT2D eigenvalue weighted by atomic mass is 9.98. The highest BCUT2D eigenvalue weighted by Crippen LogP contribution is 2.38. The van der Waals surface area contributed by atoms with Gasteiger partial charge in [0.05, 0.1) is 11.4 Å². The van der Waals surface area contributed by atoms with E-state index in [0.29, 0.717) is 6.04 Å². The van der Waals surface area contributed by atoms with E-state index in [4.69, 9.17) is 0 Å². The third kappa shape index (κ3) is 1.89. The summed E-state index contributed by atoms with van der Waals surface area (Å²) in [6, 6.07) is 7.21. The number of benzene rings is 1. The Morgan fingerprint density at radius 2 is 2.18 bits per heavy atom. The number of hydrogen-bond acceptors (Lipinski definition) is 3. The fraction of sp³-hybridized carbons (Fsp3) is 0.571. The molecule has 0 bridgehead atoms. The van der Waals surface area contributed by atoms with Gasteiger partial charge in [-0.05, 0) is 18.1 Å². The van der Waals surface area contributed by atoms with Crippen LogP contribution in [0.3, 0.4) is 0 Å². The summed E-state index contributed by atoms with van der Waals surface area (Å²) in [5.41, 5.74) is 4.25. The minimum atomic E-state index is 0.528. The van der Waals surface area contributed by atoms with Crippen LogP contribution in [-0.4, -0.2) is 26.2 Å². The highest BCUT2D eigenvalue weighted by Gasteiger charge is 2.26. The van der Waals surface area contributed by atoms with E-state index < -0.39 is 0 Å². The molecule has 0 amide bonds. The Morgan fingerprint density at radius 3 is 3.06 bits per heavy atom. The fourth-order valence-electron chi connectivity index (χ4n) is 3.03. The van der Waals surface area contributed by atoms with Crippen molar-refractivity contribution in [1.82, 2.24) is 5.32 Å². The topological polar surface area (TPSA) is 27.3 Å². The molecule has 0 fully saturated rings. The number of nitrogens with zero attached hydrogens (tertiary/aromatic N) is 1. The Kier molecular flexibility index (Phi) is 2.93. The largest absolute Gasteiger partial charge is 0.382 e. The highest BCUT2D eigenvalue weighted by molar-refractivity contribution is 5.76. The van der Waals surface area contributed by atoms with Crippen molar-refractivity contribution < 1.29 is 0 Å². The van der Waals surface area contributed by atoms with E-state index >= 15 is 0 Å². The number of rotatable bonds is 2. The van der Waals surface area contributed by atoms with E-state index in [9.17, 15) is 0 Å². The lowest BCUT2D eigenvalue weighted by Gasteiger charge is -2.32. The summed E-state index contributed by atoms with van der Waals surface area (Å²) in [5, 5.41) is 7.21. The van der Waals surface area contributed by atoms with E-state index in [1.807, 2.05) is 0 Å². The molecule has 0 aromatic heterocycles. The van der Waals surface area contributed by atoms with E-state index in [-0.39, 0.29) is 0 Å². The van der Waals surface area contributed by atoms with Crippen LogP contribution in [-0.2, 0) is 0 Å². The van der Waals surface area contributed by atoms with Crippen molar-refractivity contribution in [2.45, 2.75) is 25.8 Å². The molecule has 3 nitrogen and oxygen atoms in total. The normalized spacial score (nSPS) is 22.6. The molecule has 17 heavy (non-hydrogen) atoms. The molecule has 0 spiro atoms. The predicted octanol–water partition coefficient (Wildman–Crippen LogP) is 2.36. The Hall–Kier alpha value is -1.22. The number of nitrogens with one attached hydrogen (secondary N) is 2. The molecule has 1 atom stereocenters. The van der Waals surface area contributed by atoms with Gasteiger partial charge in [-0.3, -0.25) is 0 Å². The van der Waals surface area contributed by atoms with Crippen molar-refractivity contribution in [3.63, 3.8) is 0 Å². The van der Waals surface area contributed by atoms with E-state index in [2.05, 4.69) is 40.7 Å². The molecule has 2 aliphatic rings. The summed E-state index contributed by atoms with van der Waals surface area (Å²) in [4.78, 5) is 2.53. The fourth-order valence-corrected chi connectivity index (χ4v) is 3.03. The second-order valence-corrected chi connectivity index (χ2v) is 4.95. The van der Waals surface area contributed by atoms with Gasteiger partial charge in [-0.25, -0.2) is 0 Å². The van der Waals surface area contributed by atoms with Crippen molar-refractivity contribution >= 4 is 11.4 Å². The minimum absolute atomic E-state index is 0.528. The molecule has 2 N–H and O–H groups in total. The Bertz CT molecular complexity index is 402. The van der Waals surface area contributed by atoms with Crippen LogP contribution in [0.25, 0.3) is 0 Å². The third-order valence-electron chi connectivity index (χ3n) is 3.81. The highest BCUT2D eigenvalue weighted by atomic mass is 15.2.